The average Bonchev–Trinajstić information content (AvgIpc) is 2.43. The molecule has 1 aromatic rings. The van der Waals surface area contributed by atoms with Crippen LogP contribution in [0.4, 0.5) is 0 Å². The van der Waals surface area contributed by atoms with Crippen LogP contribution < -0.4 is 4.74 Å². The summed E-state index contributed by atoms with van der Waals surface area (Å²) in [5, 5.41) is 0. The lowest BCUT2D eigenvalue weighted by molar-refractivity contribution is -0.137. The standard InChI is InChI=1S/C14H17NO3/c1-2-14(16)17-9-5-8-15-10-12-6-3-4-7-13(12)18-11-15/h2-4,6-7H,1,5,8-11H2. The Morgan fingerprint density at radius 1 is 1.50 bits per heavy atom. The fourth-order valence-corrected chi connectivity index (χ4v) is 1.89. The number of rotatable bonds is 5. The van der Waals surface area contributed by atoms with E-state index in [1.165, 1.54) is 11.6 Å². The van der Waals surface area contributed by atoms with E-state index in [0.29, 0.717) is 13.3 Å². The van der Waals surface area contributed by atoms with E-state index in [1.807, 2.05) is 18.2 Å². The van der Waals surface area contributed by atoms with Gasteiger partial charge in [0.1, 0.15) is 12.5 Å². The maximum Gasteiger partial charge on any atom is 0.330 e. The maximum absolute atomic E-state index is 10.8. The highest BCUT2D eigenvalue weighted by molar-refractivity contribution is 5.81. The van der Waals surface area contributed by atoms with E-state index < -0.39 is 0 Å². The zero-order valence-electron chi connectivity index (χ0n) is 10.3. The van der Waals surface area contributed by atoms with Crippen molar-refractivity contribution in [2.45, 2.75) is 13.0 Å². The van der Waals surface area contributed by atoms with Crippen LogP contribution in [0.1, 0.15) is 12.0 Å². The number of carbonyl (C=O) groups excluding carboxylic acids is 1. The van der Waals surface area contributed by atoms with E-state index in [0.717, 1.165) is 25.3 Å². The van der Waals surface area contributed by atoms with Crippen molar-refractivity contribution in [1.82, 2.24) is 4.90 Å². The number of ether oxygens (including phenoxy) is 2. The van der Waals surface area contributed by atoms with Crippen molar-refractivity contribution in [2.75, 3.05) is 19.9 Å². The normalized spacial score (nSPS) is 14.4. The van der Waals surface area contributed by atoms with Crippen LogP contribution in [-0.2, 0) is 16.1 Å². The van der Waals surface area contributed by atoms with Crippen molar-refractivity contribution in [2.24, 2.45) is 0 Å². The first-order chi connectivity index (χ1) is 8.79. The number of benzene rings is 1. The molecule has 0 amide bonds. The fourth-order valence-electron chi connectivity index (χ4n) is 1.89. The van der Waals surface area contributed by atoms with E-state index in [2.05, 4.69) is 17.5 Å². The van der Waals surface area contributed by atoms with Crippen LogP contribution in [0.3, 0.4) is 0 Å². The summed E-state index contributed by atoms with van der Waals surface area (Å²) in [6, 6.07) is 8.04. The minimum Gasteiger partial charge on any atom is -0.478 e. The van der Waals surface area contributed by atoms with Crippen LogP contribution in [0, 0.1) is 0 Å². The predicted octanol–water partition coefficient (Wildman–Crippen LogP) is 1.96. The van der Waals surface area contributed by atoms with Gasteiger partial charge in [0.25, 0.3) is 0 Å². The first kappa shape index (κ1) is 12.6. The van der Waals surface area contributed by atoms with E-state index in [-0.39, 0.29) is 5.97 Å². The summed E-state index contributed by atoms with van der Waals surface area (Å²) >= 11 is 0. The molecule has 0 aromatic heterocycles. The molecule has 0 saturated heterocycles. The van der Waals surface area contributed by atoms with E-state index in [4.69, 9.17) is 9.47 Å². The molecule has 0 aliphatic carbocycles. The molecule has 0 saturated carbocycles. The summed E-state index contributed by atoms with van der Waals surface area (Å²) < 4.78 is 10.6. The molecule has 1 aliphatic heterocycles. The van der Waals surface area contributed by atoms with Crippen LogP contribution in [0.15, 0.2) is 36.9 Å². The minimum absolute atomic E-state index is 0.366. The molecule has 18 heavy (non-hydrogen) atoms. The highest BCUT2D eigenvalue weighted by Gasteiger charge is 2.15. The Bertz CT molecular complexity index is 431. The summed E-state index contributed by atoms with van der Waals surface area (Å²) in [5.41, 5.74) is 1.20. The van der Waals surface area contributed by atoms with Gasteiger partial charge in [-0.15, -0.1) is 0 Å². The van der Waals surface area contributed by atoms with Crippen LogP contribution in [0.2, 0.25) is 0 Å². The molecule has 0 N–H and O–H groups in total. The Labute approximate surface area is 107 Å². The maximum atomic E-state index is 10.8. The molecule has 1 aliphatic rings. The van der Waals surface area contributed by atoms with Crippen LogP contribution in [0.5, 0.6) is 5.75 Å². The molecule has 0 spiro atoms. The molecule has 0 bridgehead atoms. The second-order valence-corrected chi connectivity index (χ2v) is 4.16. The number of hydrogen-bond donors (Lipinski definition) is 0. The lowest BCUT2D eigenvalue weighted by atomic mass is 10.1. The van der Waals surface area contributed by atoms with Gasteiger partial charge in [-0.05, 0) is 12.5 Å². The number of para-hydroxylation sites is 1. The van der Waals surface area contributed by atoms with Crippen LogP contribution in [-0.4, -0.2) is 30.8 Å². The van der Waals surface area contributed by atoms with Gasteiger partial charge in [-0.3, -0.25) is 4.90 Å². The summed E-state index contributed by atoms with van der Waals surface area (Å²) in [5.74, 6) is 0.599. The summed E-state index contributed by atoms with van der Waals surface area (Å²) in [6.45, 7) is 6.09. The van der Waals surface area contributed by atoms with Gasteiger partial charge in [-0.25, -0.2) is 4.79 Å². The predicted molar refractivity (Wildman–Crippen MR) is 68.1 cm³/mol. The van der Waals surface area contributed by atoms with Crippen molar-refractivity contribution in [3.63, 3.8) is 0 Å². The molecule has 2 rings (SSSR count). The first-order valence-electron chi connectivity index (χ1n) is 6.02. The molecule has 0 fully saturated rings. The van der Waals surface area contributed by atoms with Crippen molar-refractivity contribution in [1.29, 1.82) is 0 Å². The van der Waals surface area contributed by atoms with Crippen LogP contribution in [0.25, 0.3) is 0 Å². The number of carbonyl (C=O) groups is 1. The molecule has 96 valence electrons. The van der Waals surface area contributed by atoms with Gasteiger partial charge in [-0.2, -0.15) is 0 Å². The third kappa shape index (κ3) is 3.34. The Kier molecular flexibility index (Phi) is 4.36. The average molecular weight is 247 g/mol. The number of hydrogen-bond acceptors (Lipinski definition) is 4. The zero-order valence-corrected chi connectivity index (χ0v) is 10.3. The molecular weight excluding hydrogens is 230 g/mol. The lowest BCUT2D eigenvalue weighted by Gasteiger charge is -2.28. The molecule has 1 aromatic carbocycles. The molecule has 0 atom stereocenters. The Balaban J connectivity index is 1.73. The highest BCUT2D eigenvalue weighted by Crippen LogP contribution is 2.23. The van der Waals surface area contributed by atoms with Gasteiger partial charge in [0.05, 0.1) is 6.61 Å². The Morgan fingerprint density at radius 2 is 2.33 bits per heavy atom. The first-order valence-corrected chi connectivity index (χ1v) is 6.02. The quantitative estimate of drug-likeness (QED) is 0.453. The third-order valence-corrected chi connectivity index (χ3v) is 2.80. The van der Waals surface area contributed by atoms with E-state index >= 15 is 0 Å². The second-order valence-electron chi connectivity index (χ2n) is 4.16. The van der Waals surface area contributed by atoms with Gasteiger partial charge in [-0.1, -0.05) is 24.8 Å². The van der Waals surface area contributed by atoms with Gasteiger partial charge in [0.2, 0.25) is 0 Å². The monoisotopic (exact) mass is 247 g/mol. The number of nitrogens with zero attached hydrogens (tertiary/aromatic N) is 1. The molecular formula is C14H17NO3. The van der Waals surface area contributed by atoms with Crippen molar-refractivity contribution in [3.8, 4) is 5.75 Å². The van der Waals surface area contributed by atoms with Gasteiger partial charge in [0, 0.05) is 24.7 Å². The molecule has 4 nitrogen and oxygen atoms in total. The largest absolute Gasteiger partial charge is 0.478 e. The summed E-state index contributed by atoms with van der Waals surface area (Å²) in [6.07, 6.45) is 1.98. The molecule has 0 unspecified atom stereocenters. The summed E-state index contributed by atoms with van der Waals surface area (Å²) in [4.78, 5) is 13.0. The smallest absolute Gasteiger partial charge is 0.330 e. The fraction of sp³-hybridized carbons (Fsp3) is 0.357. The van der Waals surface area contributed by atoms with Gasteiger partial charge < -0.3 is 9.47 Å². The summed E-state index contributed by atoms with van der Waals surface area (Å²) in [7, 11) is 0. The molecule has 1 heterocycles. The Hall–Kier alpha value is -1.81. The van der Waals surface area contributed by atoms with Crippen molar-refractivity contribution in [3.05, 3.63) is 42.5 Å². The third-order valence-electron chi connectivity index (χ3n) is 2.80. The van der Waals surface area contributed by atoms with Crippen LogP contribution >= 0.6 is 0 Å². The van der Waals surface area contributed by atoms with E-state index in [1.54, 1.807) is 0 Å². The number of fused-ring (bicyclic) bond motifs is 1. The Morgan fingerprint density at radius 3 is 3.17 bits per heavy atom. The van der Waals surface area contributed by atoms with Gasteiger partial charge in [0.15, 0.2) is 0 Å². The second kappa shape index (κ2) is 6.21. The van der Waals surface area contributed by atoms with Crippen molar-refractivity contribution < 1.29 is 14.3 Å². The highest BCUT2D eigenvalue weighted by atomic mass is 16.5. The number of esters is 1. The molecule has 0 radical (unpaired) electrons. The van der Waals surface area contributed by atoms with Crippen molar-refractivity contribution >= 4 is 5.97 Å². The topological polar surface area (TPSA) is 38.8 Å². The molecule has 4 heteroatoms. The lowest BCUT2D eigenvalue weighted by Crippen LogP contribution is -2.33. The SMILES string of the molecule is C=CC(=O)OCCCN1COc2ccccc2C1. The van der Waals surface area contributed by atoms with Gasteiger partial charge >= 0.3 is 5.97 Å². The minimum atomic E-state index is -0.366. The van der Waals surface area contributed by atoms with E-state index in [9.17, 15) is 4.79 Å². The zero-order chi connectivity index (χ0) is 12.8.